The smallest absolute Gasteiger partial charge is 0.303 e. The highest BCUT2D eigenvalue weighted by Crippen LogP contribution is 2.15. The minimum Gasteiger partial charge on any atom is -0.446 e. The molecule has 1 rings (SSSR count). The lowest BCUT2D eigenvalue weighted by Gasteiger charge is -2.12. The maximum absolute atomic E-state index is 11.0. The van der Waals surface area contributed by atoms with Crippen molar-refractivity contribution in [1.29, 1.82) is 0 Å². The largest absolute Gasteiger partial charge is 0.446 e. The van der Waals surface area contributed by atoms with E-state index in [2.05, 4.69) is 4.98 Å². The van der Waals surface area contributed by atoms with E-state index in [9.17, 15) is 9.59 Å². The van der Waals surface area contributed by atoms with Crippen molar-refractivity contribution in [3.05, 3.63) is 24.0 Å². The molecular formula is C9H11N3O3. The van der Waals surface area contributed by atoms with Crippen LogP contribution in [0.1, 0.15) is 18.7 Å². The maximum Gasteiger partial charge on any atom is 0.303 e. The molecule has 0 saturated carbocycles. The summed E-state index contributed by atoms with van der Waals surface area (Å²) in [7, 11) is 0. The van der Waals surface area contributed by atoms with Crippen LogP contribution in [0.5, 0.6) is 0 Å². The van der Waals surface area contributed by atoms with Gasteiger partial charge in [0.15, 0.2) is 0 Å². The fraction of sp³-hybridized carbons (Fsp3) is 0.222. The van der Waals surface area contributed by atoms with E-state index in [1.807, 2.05) is 0 Å². The topological polar surface area (TPSA) is 108 Å². The molecule has 6 heteroatoms. The predicted octanol–water partition coefficient (Wildman–Crippen LogP) is -0.247. The SMILES string of the molecule is CC(=O)OC(C(N)=O)c1ccc(N)cn1. The summed E-state index contributed by atoms with van der Waals surface area (Å²) in [5.74, 6) is -1.38. The van der Waals surface area contributed by atoms with Crippen LogP contribution < -0.4 is 11.5 Å². The van der Waals surface area contributed by atoms with Crippen LogP contribution >= 0.6 is 0 Å². The van der Waals surface area contributed by atoms with Crippen molar-refractivity contribution in [2.45, 2.75) is 13.0 Å². The van der Waals surface area contributed by atoms with E-state index in [1.165, 1.54) is 19.2 Å². The first-order valence-electron chi connectivity index (χ1n) is 4.18. The second kappa shape index (κ2) is 4.41. The third kappa shape index (κ3) is 2.94. The van der Waals surface area contributed by atoms with E-state index in [4.69, 9.17) is 16.2 Å². The highest BCUT2D eigenvalue weighted by Gasteiger charge is 2.22. The quantitative estimate of drug-likeness (QED) is 0.667. The van der Waals surface area contributed by atoms with Crippen LogP contribution in [0, 0.1) is 0 Å². The molecule has 1 amide bonds. The van der Waals surface area contributed by atoms with E-state index >= 15 is 0 Å². The molecule has 4 N–H and O–H groups in total. The molecule has 6 nitrogen and oxygen atoms in total. The number of pyridine rings is 1. The summed E-state index contributed by atoms with van der Waals surface area (Å²) in [6, 6.07) is 3.02. The van der Waals surface area contributed by atoms with Crippen molar-refractivity contribution >= 4 is 17.6 Å². The van der Waals surface area contributed by atoms with E-state index in [0.717, 1.165) is 0 Å². The Balaban J connectivity index is 2.94. The Morgan fingerprint density at radius 3 is 2.53 bits per heavy atom. The number of hydrogen-bond acceptors (Lipinski definition) is 5. The molecule has 80 valence electrons. The van der Waals surface area contributed by atoms with Gasteiger partial charge in [-0.15, -0.1) is 0 Å². The molecule has 0 radical (unpaired) electrons. The minimum atomic E-state index is -1.16. The zero-order valence-corrected chi connectivity index (χ0v) is 8.14. The van der Waals surface area contributed by atoms with Gasteiger partial charge < -0.3 is 16.2 Å². The monoisotopic (exact) mass is 209 g/mol. The summed E-state index contributed by atoms with van der Waals surface area (Å²) in [5.41, 5.74) is 11.2. The average Bonchev–Trinajstić information content (AvgIpc) is 2.15. The Bertz CT molecular complexity index is 375. The molecule has 1 heterocycles. The van der Waals surface area contributed by atoms with Gasteiger partial charge >= 0.3 is 5.97 Å². The van der Waals surface area contributed by atoms with Crippen LogP contribution in [-0.2, 0) is 14.3 Å². The van der Waals surface area contributed by atoms with Gasteiger partial charge in [-0.25, -0.2) is 0 Å². The molecule has 0 fully saturated rings. The van der Waals surface area contributed by atoms with Crippen LogP contribution in [0.4, 0.5) is 5.69 Å². The van der Waals surface area contributed by atoms with Crippen LogP contribution in [0.15, 0.2) is 18.3 Å². The van der Waals surface area contributed by atoms with Gasteiger partial charge in [0.2, 0.25) is 6.10 Å². The van der Waals surface area contributed by atoms with Crippen LogP contribution in [-0.4, -0.2) is 16.9 Å². The number of amides is 1. The number of anilines is 1. The van der Waals surface area contributed by atoms with Crippen molar-refractivity contribution in [3.8, 4) is 0 Å². The van der Waals surface area contributed by atoms with Gasteiger partial charge in [-0.3, -0.25) is 14.6 Å². The number of rotatable bonds is 3. The van der Waals surface area contributed by atoms with Gasteiger partial charge in [-0.1, -0.05) is 0 Å². The molecule has 0 saturated heterocycles. The fourth-order valence-corrected chi connectivity index (χ4v) is 1.00. The highest BCUT2D eigenvalue weighted by atomic mass is 16.5. The van der Waals surface area contributed by atoms with Gasteiger partial charge in [0.25, 0.3) is 5.91 Å². The first-order valence-corrected chi connectivity index (χ1v) is 4.18. The number of nitrogens with two attached hydrogens (primary N) is 2. The summed E-state index contributed by atoms with van der Waals surface area (Å²) in [5, 5.41) is 0. The molecule has 0 bridgehead atoms. The lowest BCUT2D eigenvalue weighted by atomic mass is 10.2. The molecule has 0 spiro atoms. The zero-order chi connectivity index (χ0) is 11.4. The minimum absolute atomic E-state index is 0.256. The first-order chi connectivity index (χ1) is 7.00. The third-order valence-corrected chi connectivity index (χ3v) is 1.62. The molecule has 0 aliphatic rings. The number of aromatic nitrogens is 1. The molecule has 1 aromatic heterocycles. The molecule has 15 heavy (non-hydrogen) atoms. The van der Waals surface area contributed by atoms with Gasteiger partial charge in [-0.2, -0.15) is 0 Å². The van der Waals surface area contributed by atoms with E-state index in [0.29, 0.717) is 5.69 Å². The van der Waals surface area contributed by atoms with Gasteiger partial charge in [0, 0.05) is 6.92 Å². The summed E-state index contributed by atoms with van der Waals surface area (Å²) in [6.45, 7) is 1.19. The summed E-state index contributed by atoms with van der Waals surface area (Å²) < 4.78 is 4.72. The number of ether oxygens (including phenoxy) is 1. The molecule has 0 aliphatic heterocycles. The van der Waals surface area contributed by atoms with Gasteiger partial charge in [0.1, 0.15) is 0 Å². The van der Waals surface area contributed by atoms with E-state index < -0.39 is 18.0 Å². The number of carbonyl (C=O) groups is 2. The molecule has 1 aromatic rings. The summed E-state index contributed by atoms with van der Waals surface area (Å²) in [4.78, 5) is 25.6. The predicted molar refractivity (Wildman–Crippen MR) is 52.4 cm³/mol. The molecule has 0 aliphatic carbocycles. The molecule has 1 atom stereocenters. The number of nitrogen functional groups attached to an aromatic ring is 1. The van der Waals surface area contributed by atoms with Crippen LogP contribution in [0.3, 0.4) is 0 Å². The Labute approximate surface area is 86.2 Å². The lowest BCUT2D eigenvalue weighted by Crippen LogP contribution is -2.26. The normalized spacial score (nSPS) is 11.8. The van der Waals surface area contributed by atoms with E-state index in [-0.39, 0.29) is 5.69 Å². The number of hydrogen-bond donors (Lipinski definition) is 2. The summed E-state index contributed by atoms with van der Waals surface area (Å²) in [6.07, 6.45) is 0.192. The van der Waals surface area contributed by atoms with Crippen molar-refractivity contribution in [1.82, 2.24) is 4.98 Å². The Hall–Kier alpha value is -2.11. The van der Waals surface area contributed by atoms with Crippen molar-refractivity contribution in [3.63, 3.8) is 0 Å². The number of esters is 1. The van der Waals surface area contributed by atoms with Crippen molar-refractivity contribution in [2.24, 2.45) is 5.73 Å². The van der Waals surface area contributed by atoms with Gasteiger partial charge in [-0.05, 0) is 12.1 Å². The second-order valence-corrected chi connectivity index (χ2v) is 2.91. The maximum atomic E-state index is 11.0. The average molecular weight is 209 g/mol. The summed E-state index contributed by atoms with van der Waals surface area (Å²) >= 11 is 0. The highest BCUT2D eigenvalue weighted by molar-refractivity contribution is 5.82. The van der Waals surface area contributed by atoms with Gasteiger partial charge in [0.05, 0.1) is 17.6 Å². The standard InChI is InChI=1S/C9H11N3O3/c1-5(13)15-8(9(11)14)7-3-2-6(10)4-12-7/h2-4,8H,10H2,1H3,(H2,11,14). The molecular weight excluding hydrogens is 198 g/mol. The number of nitrogens with zero attached hydrogens (tertiary/aromatic N) is 1. The zero-order valence-electron chi connectivity index (χ0n) is 8.14. The Kier molecular flexibility index (Phi) is 3.22. The van der Waals surface area contributed by atoms with Crippen LogP contribution in [0.25, 0.3) is 0 Å². The molecule has 1 unspecified atom stereocenters. The number of carbonyl (C=O) groups excluding carboxylic acids is 2. The number of primary amides is 1. The fourth-order valence-electron chi connectivity index (χ4n) is 1.00. The van der Waals surface area contributed by atoms with Crippen molar-refractivity contribution in [2.75, 3.05) is 5.73 Å². The second-order valence-electron chi connectivity index (χ2n) is 2.91. The third-order valence-electron chi connectivity index (χ3n) is 1.62. The van der Waals surface area contributed by atoms with Crippen LogP contribution in [0.2, 0.25) is 0 Å². The lowest BCUT2D eigenvalue weighted by molar-refractivity contribution is -0.153. The van der Waals surface area contributed by atoms with Crippen molar-refractivity contribution < 1.29 is 14.3 Å². The first kappa shape index (κ1) is 11.0. The van der Waals surface area contributed by atoms with E-state index in [1.54, 1.807) is 6.07 Å². The Morgan fingerprint density at radius 2 is 2.13 bits per heavy atom. The molecule has 0 aromatic carbocycles. The Morgan fingerprint density at radius 1 is 1.47 bits per heavy atom.